The SMILES string of the molecule is O=P(c1ccccc1)(c1ccccc1)c1ccc(C=C(c2ccc(-c3ccccc3)cc2)c2ccc(-c3ccccc3)cc2)cc1. The molecule has 0 heterocycles. The lowest BCUT2D eigenvalue weighted by atomic mass is 9.92. The molecule has 0 aromatic heterocycles. The van der Waals surface area contributed by atoms with Gasteiger partial charge in [-0.15, -0.1) is 0 Å². The van der Waals surface area contributed by atoms with E-state index in [1.54, 1.807) is 0 Å². The minimum atomic E-state index is -3.04. The summed E-state index contributed by atoms with van der Waals surface area (Å²) in [5, 5.41) is 2.49. The van der Waals surface area contributed by atoms with Crippen LogP contribution in [0.1, 0.15) is 16.7 Å². The van der Waals surface area contributed by atoms with E-state index in [4.69, 9.17) is 0 Å². The van der Waals surface area contributed by atoms with Gasteiger partial charge in [-0.05, 0) is 50.6 Å². The summed E-state index contributed by atoms with van der Waals surface area (Å²) in [5.74, 6) is 0. The van der Waals surface area contributed by atoms with Crippen molar-refractivity contribution in [2.24, 2.45) is 0 Å². The Morgan fingerprint density at radius 3 is 1.07 bits per heavy atom. The summed E-state index contributed by atoms with van der Waals surface area (Å²) < 4.78 is 14.9. The summed E-state index contributed by atoms with van der Waals surface area (Å²) in [5.41, 5.74) is 9.21. The zero-order chi connectivity index (χ0) is 31.2. The van der Waals surface area contributed by atoms with Crippen molar-refractivity contribution in [2.75, 3.05) is 0 Å². The first-order valence-electron chi connectivity index (χ1n) is 15.5. The molecule has 46 heavy (non-hydrogen) atoms. The molecule has 7 aromatic rings. The summed E-state index contributed by atoms with van der Waals surface area (Å²) in [7, 11) is -3.04. The molecule has 0 N–H and O–H groups in total. The Morgan fingerprint density at radius 1 is 0.348 bits per heavy atom. The lowest BCUT2D eigenvalue weighted by Gasteiger charge is -2.20. The lowest BCUT2D eigenvalue weighted by Crippen LogP contribution is -2.24. The quantitative estimate of drug-likeness (QED) is 0.124. The first-order valence-corrected chi connectivity index (χ1v) is 17.2. The smallest absolute Gasteiger partial charge is 0.171 e. The van der Waals surface area contributed by atoms with Crippen LogP contribution in [0.15, 0.2) is 194 Å². The van der Waals surface area contributed by atoms with Crippen molar-refractivity contribution < 1.29 is 4.57 Å². The van der Waals surface area contributed by atoms with Gasteiger partial charge in [0.15, 0.2) is 7.14 Å². The topological polar surface area (TPSA) is 17.1 Å². The number of hydrogen-bond donors (Lipinski definition) is 0. The van der Waals surface area contributed by atoms with Crippen LogP contribution >= 0.6 is 7.14 Å². The molecule has 0 saturated heterocycles. The highest BCUT2D eigenvalue weighted by atomic mass is 31.2. The second kappa shape index (κ2) is 13.2. The van der Waals surface area contributed by atoms with E-state index in [9.17, 15) is 4.57 Å². The molecule has 0 unspecified atom stereocenters. The third-order valence-corrected chi connectivity index (χ3v) is 11.5. The molecule has 0 spiro atoms. The van der Waals surface area contributed by atoms with E-state index in [1.165, 1.54) is 22.3 Å². The number of rotatable bonds is 8. The lowest BCUT2D eigenvalue weighted by molar-refractivity contribution is 0.592. The molecule has 0 aliphatic heterocycles. The highest BCUT2D eigenvalue weighted by Gasteiger charge is 2.29. The molecule has 7 rings (SSSR count). The minimum absolute atomic E-state index is 0.822. The molecule has 0 aliphatic carbocycles. The average molecular weight is 609 g/mol. The van der Waals surface area contributed by atoms with E-state index < -0.39 is 7.14 Å². The molecule has 0 bridgehead atoms. The maximum atomic E-state index is 14.9. The van der Waals surface area contributed by atoms with Gasteiger partial charge < -0.3 is 4.57 Å². The van der Waals surface area contributed by atoms with Gasteiger partial charge in [0.1, 0.15) is 0 Å². The molecule has 0 atom stereocenters. The number of hydrogen-bond acceptors (Lipinski definition) is 1. The molecule has 0 aliphatic rings. The molecule has 1 nitrogen and oxygen atoms in total. The Bertz CT molecular complexity index is 1970. The van der Waals surface area contributed by atoms with Crippen LogP contribution in [0.25, 0.3) is 33.9 Å². The van der Waals surface area contributed by atoms with E-state index in [1.807, 2.05) is 84.9 Å². The molecular weight excluding hydrogens is 575 g/mol. The molecule has 220 valence electrons. The van der Waals surface area contributed by atoms with E-state index in [-0.39, 0.29) is 0 Å². The van der Waals surface area contributed by atoms with Crippen LogP contribution in [0.4, 0.5) is 0 Å². The third kappa shape index (κ3) is 6.07. The Kier molecular flexibility index (Phi) is 8.42. The van der Waals surface area contributed by atoms with Crippen molar-refractivity contribution in [3.8, 4) is 22.3 Å². The zero-order valence-electron chi connectivity index (χ0n) is 25.4. The normalized spacial score (nSPS) is 11.1. The molecule has 2 heteroatoms. The predicted molar refractivity (Wildman–Crippen MR) is 197 cm³/mol. The van der Waals surface area contributed by atoms with Crippen molar-refractivity contribution in [1.29, 1.82) is 0 Å². The van der Waals surface area contributed by atoms with Gasteiger partial charge in [0.2, 0.25) is 0 Å². The summed E-state index contributed by atoms with van der Waals surface area (Å²) in [4.78, 5) is 0. The monoisotopic (exact) mass is 608 g/mol. The Morgan fingerprint density at radius 2 is 0.674 bits per heavy atom. The average Bonchev–Trinajstić information content (AvgIpc) is 3.15. The minimum Gasteiger partial charge on any atom is -0.309 e. The molecule has 0 saturated carbocycles. The maximum Gasteiger partial charge on any atom is 0.171 e. The van der Waals surface area contributed by atoms with Crippen molar-refractivity contribution in [3.63, 3.8) is 0 Å². The van der Waals surface area contributed by atoms with Crippen LogP contribution < -0.4 is 15.9 Å². The van der Waals surface area contributed by atoms with Gasteiger partial charge in [-0.2, -0.15) is 0 Å². The molecule has 7 aromatic carbocycles. The highest BCUT2D eigenvalue weighted by Crippen LogP contribution is 2.42. The van der Waals surface area contributed by atoms with Crippen molar-refractivity contribution >= 4 is 34.7 Å². The van der Waals surface area contributed by atoms with Gasteiger partial charge in [0.05, 0.1) is 0 Å². The third-order valence-electron chi connectivity index (χ3n) is 8.41. The van der Waals surface area contributed by atoms with Crippen LogP contribution in [0.5, 0.6) is 0 Å². The van der Waals surface area contributed by atoms with Crippen molar-refractivity contribution in [1.82, 2.24) is 0 Å². The van der Waals surface area contributed by atoms with E-state index >= 15 is 0 Å². The van der Waals surface area contributed by atoms with Crippen LogP contribution in [0.2, 0.25) is 0 Å². The van der Waals surface area contributed by atoms with Gasteiger partial charge >= 0.3 is 0 Å². The fourth-order valence-electron chi connectivity index (χ4n) is 5.95. The van der Waals surface area contributed by atoms with Crippen LogP contribution in [-0.2, 0) is 4.57 Å². The summed E-state index contributed by atoms with van der Waals surface area (Å²) in [6, 6.07) is 66.4. The van der Waals surface area contributed by atoms with E-state index in [0.717, 1.165) is 38.2 Å². The summed E-state index contributed by atoms with van der Waals surface area (Å²) in [6.45, 7) is 0. The fourth-order valence-corrected chi connectivity index (χ4v) is 8.60. The Hall–Kier alpha value is -5.49. The maximum absolute atomic E-state index is 14.9. The molecule has 0 fully saturated rings. The summed E-state index contributed by atoms with van der Waals surface area (Å²) in [6.07, 6.45) is 2.23. The molecule has 0 radical (unpaired) electrons. The molecule has 0 amide bonds. The Balaban J connectivity index is 1.29. The largest absolute Gasteiger partial charge is 0.309 e. The second-order valence-electron chi connectivity index (χ2n) is 11.3. The predicted octanol–water partition coefficient (Wildman–Crippen LogP) is 10.2. The van der Waals surface area contributed by atoms with Crippen molar-refractivity contribution in [3.05, 3.63) is 211 Å². The van der Waals surface area contributed by atoms with Gasteiger partial charge in [-0.25, -0.2) is 0 Å². The van der Waals surface area contributed by atoms with Gasteiger partial charge in [0.25, 0.3) is 0 Å². The first kappa shape index (κ1) is 29.2. The van der Waals surface area contributed by atoms with Crippen LogP contribution in [0.3, 0.4) is 0 Å². The van der Waals surface area contributed by atoms with Gasteiger partial charge in [0, 0.05) is 15.9 Å². The van der Waals surface area contributed by atoms with E-state index in [0.29, 0.717) is 0 Å². The highest BCUT2D eigenvalue weighted by molar-refractivity contribution is 7.85. The van der Waals surface area contributed by atoms with Crippen LogP contribution in [0, 0.1) is 0 Å². The Labute approximate surface area is 271 Å². The van der Waals surface area contributed by atoms with Crippen LogP contribution in [-0.4, -0.2) is 0 Å². The zero-order valence-corrected chi connectivity index (χ0v) is 26.3. The fraction of sp³-hybridized carbons (Fsp3) is 0. The molecular formula is C44H33OP. The standard InChI is InChI=1S/C44H33OP/c45-46(41-17-9-3-10-18-41,42-19-11-4-12-20-42)43-31-21-34(22-32-43)33-44(39-27-23-37(24-28-39)35-13-5-1-6-14-35)40-29-25-38(26-30-40)36-15-7-2-8-16-36/h1-33H. The van der Waals surface area contributed by atoms with Gasteiger partial charge in [-0.1, -0.05) is 194 Å². The first-order chi connectivity index (χ1) is 22.7. The second-order valence-corrected chi connectivity index (χ2v) is 14.1. The van der Waals surface area contributed by atoms with Crippen molar-refractivity contribution in [2.45, 2.75) is 0 Å². The summed E-state index contributed by atoms with van der Waals surface area (Å²) >= 11 is 0. The number of benzene rings is 7. The van der Waals surface area contributed by atoms with E-state index in [2.05, 4.69) is 115 Å². The van der Waals surface area contributed by atoms with Gasteiger partial charge in [-0.3, -0.25) is 0 Å².